The highest BCUT2D eigenvalue weighted by molar-refractivity contribution is 6.31. The van der Waals surface area contributed by atoms with Crippen molar-refractivity contribution in [2.75, 3.05) is 44.2 Å². The third-order valence-corrected chi connectivity index (χ3v) is 7.49. The Balaban J connectivity index is 1.15. The van der Waals surface area contributed by atoms with Crippen LogP contribution in [-0.4, -0.2) is 65.9 Å². The van der Waals surface area contributed by atoms with Crippen molar-refractivity contribution in [3.63, 3.8) is 0 Å². The van der Waals surface area contributed by atoms with Crippen LogP contribution in [0.25, 0.3) is 0 Å². The van der Waals surface area contributed by atoms with Crippen LogP contribution in [0, 0.1) is 17.2 Å². The Kier molecular flexibility index (Phi) is 5.53. The second kappa shape index (κ2) is 8.35. The molecule has 32 heavy (non-hydrogen) atoms. The van der Waals surface area contributed by atoms with Gasteiger partial charge in [0.15, 0.2) is 0 Å². The van der Waals surface area contributed by atoms with E-state index in [1.54, 1.807) is 11.1 Å². The summed E-state index contributed by atoms with van der Waals surface area (Å²) in [4.78, 5) is 36.2. The zero-order chi connectivity index (χ0) is 22.3. The summed E-state index contributed by atoms with van der Waals surface area (Å²) in [5.74, 6) is 0.365. The maximum absolute atomic E-state index is 14.1. The lowest BCUT2D eigenvalue weighted by Gasteiger charge is -2.37. The van der Waals surface area contributed by atoms with E-state index in [9.17, 15) is 14.0 Å². The average Bonchev–Trinajstić information content (AvgIpc) is 3.53. The number of carbonyl (C=O) groups excluding carboxylic acids is 2. The number of nitrogens with zero attached hydrogens (tertiary/aromatic N) is 4. The Bertz CT molecular complexity index is 1020. The average molecular weight is 457 g/mol. The van der Waals surface area contributed by atoms with Crippen molar-refractivity contribution >= 4 is 29.2 Å². The summed E-state index contributed by atoms with van der Waals surface area (Å²) in [7, 11) is 0. The Hall–Kier alpha value is -2.67. The molecular weight excluding hydrogens is 431 g/mol. The number of likely N-dealkylation sites (tertiary alicyclic amines) is 1. The van der Waals surface area contributed by atoms with E-state index in [1.165, 1.54) is 18.2 Å². The summed E-state index contributed by atoms with van der Waals surface area (Å²) < 4.78 is 14.1. The first-order valence-corrected chi connectivity index (χ1v) is 11.5. The Morgan fingerprint density at radius 2 is 1.75 bits per heavy atom. The fourth-order valence-electron chi connectivity index (χ4n) is 5.15. The molecule has 1 aliphatic carbocycles. The van der Waals surface area contributed by atoms with Crippen LogP contribution in [0.3, 0.4) is 0 Å². The van der Waals surface area contributed by atoms with Crippen LogP contribution in [0.15, 0.2) is 42.6 Å². The van der Waals surface area contributed by atoms with Crippen LogP contribution < -0.4 is 4.90 Å². The van der Waals surface area contributed by atoms with Gasteiger partial charge in [0.05, 0.1) is 5.56 Å². The predicted molar refractivity (Wildman–Crippen MR) is 120 cm³/mol. The van der Waals surface area contributed by atoms with Crippen LogP contribution in [0.2, 0.25) is 5.02 Å². The zero-order valence-electron chi connectivity index (χ0n) is 17.8. The van der Waals surface area contributed by atoms with Crippen LogP contribution in [0.1, 0.15) is 29.6 Å². The summed E-state index contributed by atoms with van der Waals surface area (Å²) in [6.45, 7) is 4.08. The fraction of sp³-hybridized carbons (Fsp3) is 0.458. The highest BCUT2D eigenvalue weighted by atomic mass is 35.5. The predicted octanol–water partition coefficient (Wildman–Crippen LogP) is 3.47. The minimum absolute atomic E-state index is 0.00113. The van der Waals surface area contributed by atoms with Crippen molar-refractivity contribution in [1.82, 2.24) is 14.8 Å². The second-order valence-electron chi connectivity index (χ2n) is 9.04. The first-order chi connectivity index (χ1) is 15.5. The van der Waals surface area contributed by atoms with Crippen LogP contribution >= 0.6 is 11.6 Å². The van der Waals surface area contributed by atoms with E-state index < -0.39 is 5.82 Å². The fourth-order valence-corrected chi connectivity index (χ4v) is 5.33. The highest BCUT2D eigenvalue weighted by Crippen LogP contribution is 2.60. The number of rotatable bonds is 3. The Morgan fingerprint density at radius 3 is 2.44 bits per heavy atom. The number of hydrogen-bond donors (Lipinski definition) is 0. The molecule has 1 atom stereocenters. The molecule has 1 spiro atoms. The summed E-state index contributed by atoms with van der Waals surface area (Å²) in [6, 6.07) is 9.93. The number of piperidine rings is 1. The van der Waals surface area contributed by atoms with Gasteiger partial charge in [0.2, 0.25) is 5.91 Å². The standard InChI is InChI=1S/C24H26ClFN4O2/c25-17-4-5-20(26)18(15-17)22(31)29-9-6-24(7-10-29)16-19(24)23(32)30-13-11-28(12-14-30)21-3-1-2-8-27-21/h1-5,8,15,19H,6-7,9-14,16H2. The molecule has 6 nitrogen and oxygen atoms in total. The topological polar surface area (TPSA) is 56.8 Å². The van der Waals surface area contributed by atoms with Crippen molar-refractivity contribution in [1.29, 1.82) is 0 Å². The maximum Gasteiger partial charge on any atom is 0.256 e. The first-order valence-electron chi connectivity index (χ1n) is 11.2. The minimum Gasteiger partial charge on any atom is -0.353 e. The number of anilines is 1. The van der Waals surface area contributed by atoms with Crippen LogP contribution in [-0.2, 0) is 4.79 Å². The molecule has 1 aromatic carbocycles. The van der Waals surface area contributed by atoms with E-state index in [0.717, 1.165) is 38.2 Å². The molecule has 1 aromatic heterocycles. The molecule has 3 fully saturated rings. The number of piperazine rings is 1. The number of benzene rings is 1. The molecule has 0 N–H and O–H groups in total. The molecule has 168 valence electrons. The quantitative estimate of drug-likeness (QED) is 0.709. The van der Waals surface area contributed by atoms with Gasteiger partial charge in [-0.05, 0) is 55.0 Å². The van der Waals surface area contributed by atoms with Crippen molar-refractivity contribution in [3.05, 3.63) is 59.0 Å². The lowest BCUT2D eigenvalue weighted by molar-refractivity contribution is -0.134. The number of carbonyl (C=O) groups is 2. The molecule has 8 heteroatoms. The van der Waals surface area contributed by atoms with Crippen LogP contribution in [0.4, 0.5) is 10.2 Å². The van der Waals surface area contributed by atoms with Crippen LogP contribution in [0.5, 0.6) is 0 Å². The lowest BCUT2D eigenvalue weighted by Crippen LogP contribution is -2.50. The molecule has 5 rings (SSSR count). The van der Waals surface area contributed by atoms with Crippen molar-refractivity contribution < 1.29 is 14.0 Å². The van der Waals surface area contributed by atoms with Gasteiger partial charge in [-0.3, -0.25) is 9.59 Å². The van der Waals surface area contributed by atoms with E-state index in [-0.39, 0.29) is 28.7 Å². The van der Waals surface area contributed by atoms with Crippen molar-refractivity contribution in [3.8, 4) is 0 Å². The van der Waals surface area contributed by atoms with Crippen molar-refractivity contribution in [2.45, 2.75) is 19.3 Å². The minimum atomic E-state index is -0.552. The molecule has 3 aliphatic rings. The third kappa shape index (κ3) is 3.94. The largest absolute Gasteiger partial charge is 0.353 e. The molecule has 2 aromatic rings. The van der Waals surface area contributed by atoms with Gasteiger partial charge in [-0.15, -0.1) is 0 Å². The molecule has 3 heterocycles. The van der Waals surface area contributed by atoms with E-state index >= 15 is 0 Å². The molecule has 0 bridgehead atoms. The number of amides is 2. The van der Waals surface area contributed by atoms with Gasteiger partial charge in [0.25, 0.3) is 5.91 Å². The van der Waals surface area contributed by atoms with Gasteiger partial charge in [-0.1, -0.05) is 17.7 Å². The highest BCUT2D eigenvalue weighted by Gasteiger charge is 2.59. The SMILES string of the molecule is O=C(c1cc(Cl)ccc1F)N1CCC2(CC1)CC2C(=O)N1CCN(c2ccccn2)CC1. The number of halogens is 2. The Morgan fingerprint density at radius 1 is 1.00 bits per heavy atom. The van der Waals surface area contributed by atoms with E-state index in [1.807, 2.05) is 23.1 Å². The Labute approximate surface area is 192 Å². The monoisotopic (exact) mass is 456 g/mol. The third-order valence-electron chi connectivity index (χ3n) is 7.26. The smallest absolute Gasteiger partial charge is 0.256 e. The molecule has 1 unspecified atom stereocenters. The molecule has 2 amide bonds. The summed E-state index contributed by atoms with van der Waals surface area (Å²) in [6.07, 6.45) is 4.25. The van der Waals surface area contributed by atoms with E-state index in [0.29, 0.717) is 31.2 Å². The lowest BCUT2D eigenvalue weighted by atomic mass is 9.90. The number of hydrogen-bond acceptors (Lipinski definition) is 4. The zero-order valence-corrected chi connectivity index (χ0v) is 18.6. The molecule has 0 radical (unpaired) electrons. The number of aromatic nitrogens is 1. The normalized spacial score (nSPS) is 22.2. The van der Waals surface area contributed by atoms with Gasteiger partial charge in [0.1, 0.15) is 11.6 Å². The molecule has 2 saturated heterocycles. The molecule has 1 saturated carbocycles. The first kappa shape index (κ1) is 21.2. The second-order valence-corrected chi connectivity index (χ2v) is 9.47. The van der Waals surface area contributed by atoms with Gasteiger partial charge in [-0.25, -0.2) is 9.37 Å². The van der Waals surface area contributed by atoms with Gasteiger partial charge in [-0.2, -0.15) is 0 Å². The summed E-state index contributed by atoms with van der Waals surface area (Å²) >= 11 is 5.94. The van der Waals surface area contributed by atoms with E-state index in [2.05, 4.69) is 9.88 Å². The van der Waals surface area contributed by atoms with E-state index in [4.69, 9.17) is 11.6 Å². The van der Waals surface area contributed by atoms with Gasteiger partial charge >= 0.3 is 0 Å². The number of pyridine rings is 1. The summed E-state index contributed by atoms with van der Waals surface area (Å²) in [5.41, 5.74) is 0.0152. The molecule has 2 aliphatic heterocycles. The van der Waals surface area contributed by atoms with Gasteiger partial charge < -0.3 is 14.7 Å². The molecular formula is C24H26ClFN4O2. The maximum atomic E-state index is 14.1. The summed E-state index contributed by atoms with van der Waals surface area (Å²) in [5, 5.41) is 0.347. The van der Waals surface area contributed by atoms with Gasteiger partial charge in [0, 0.05) is 56.4 Å². The van der Waals surface area contributed by atoms with Crippen molar-refractivity contribution in [2.24, 2.45) is 11.3 Å².